The van der Waals surface area contributed by atoms with Crippen LogP contribution in [0.3, 0.4) is 0 Å². The maximum atomic E-state index is 13.6. The molecule has 3 rings (SSSR count). The van der Waals surface area contributed by atoms with Crippen molar-refractivity contribution in [1.82, 2.24) is 5.32 Å². The lowest BCUT2D eigenvalue weighted by atomic mass is 9.97. The molecular formula is C12H11F4NO2. The molecule has 2 aliphatic heterocycles. The minimum Gasteiger partial charge on any atom is -0.488 e. The minimum atomic E-state index is -4.92. The average molecular weight is 277 g/mol. The first kappa shape index (κ1) is 12.5. The number of nitrogens with one attached hydrogen (secondary N) is 1. The largest absolute Gasteiger partial charge is 0.573 e. The molecule has 0 spiro atoms. The second kappa shape index (κ2) is 4.26. The zero-order valence-corrected chi connectivity index (χ0v) is 9.76. The Morgan fingerprint density at radius 1 is 1.32 bits per heavy atom. The van der Waals surface area contributed by atoms with E-state index in [1.165, 1.54) is 0 Å². The quantitative estimate of drug-likeness (QED) is 0.801. The first-order chi connectivity index (χ1) is 8.94. The molecule has 0 saturated carbocycles. The molecule has 2 aliphatic rings. The highest BCUT2D eigenvalue weighted by Gasteiger charge is 2.39. The van der Waals surface area contributed by atoms with Crippen LogP contribution in [0.15, 0.2) is 12.1 Å². The number of alkyl halides is 3. The van der Waals surface area contributed by atoms with Crippen molar-refractivity contribution in [2.75, 3.05) is 6.54 Å². The van der Waals surface area contributed by atoms with Crippen molar-refractivity contribution >= 4 is 0 Å². The molecule has 2 atom stereocenters. The number of benzene rings is 1. The summed E-state index contributed by atoms with van der Waals surface area (Å²) in [4.78, 5) is 0. The van der Waals surface area contributed by atoms with E-state index in [1.54, 1.807) is 0 Å². The van der Waals surface area contributed by atoms with Crippen LogP contribution in [0.1, 0.15) is 24.4 Å². The standard InChI is InChI=1S/C12H11F4NO2/c13-7-4-6-9(5-10(7)19-12(14,15)16)18-8-2-1-3-17-11(6)8/h4-5,8,11,17H,1-3H2/t8-,11-/m0/s1. The third kappa shape index (κ3) is 2.34. The summed E-state index contributed by atoms with van der Waals surface area (Å²) < 4.78 is 59.2. The van der Waals surface area contributed by atoms with Gasteiger partial charge in [-0.1, -0.05) is 0 Å². The third-order valence-electron chi connectivity index (χ3n) is 3.30. The van der Waals surface area contributed by atoms with Gasteiger partial charge in [0.05, 0.1) is 6.04 Å². The van der Waals surface area contributed by atoms with Crippen molar-refractivity contribution in [2.24, 2.45) is 0 Å². The molecule has 0 radical (unpaired) electrons. The molecule has 0 bridgehead atoms. The van der Waals surface area contributed by atoms with Crippen LogP contribution in [0.5, 0.6) is 11.5 Å². The van der Waals surface area contributed by atoms with Crippen LogP contribution in [-0.2, 0) is 0 Å². The first-order valence-corrected chi connectivity index (χ1v) is 5.93. The topological polar surface area (TPSA) is 30.5 Å². The SMILES string of the molecule is Fc1cc2c(cc1OC(F)(F)F)O[C@H]1CCCN[C@@H]21. The van der Waals surface area contributed by atoms with Gasteiger partial charge in [-0.2, -0.15) is 0 Å². The van der Waals surface area contributed by atoms with Crippen molar-refractivity contribution in [1.29, 1.82) is 0 Å². The summed E-state index contributed by atoms with van der Waals surface area (Å²) in [6.07, 6.45) is -3.35. The molecule has 0 aromatic heterocycles. The van der Waals surface area contributed by atoms with Gasteiger partial charge in [-0.25, -0.2) is 4.39 Å². The van der Waals surface area contributed by atoms with Crippen molar-refractivity contribution in [3.05, 3.63) is 23.5 Å². The molecule has 1 fully saturated rings. The Labute approximate surface area is 106 Å². The Balaban J connectivity index is 1.93. The van der Waals surface area contributed by atoms with Gasteiger partial charge < -0.3 is 14.8 Å². The predicted octanol–water partition coefficient (Wildman–Crippen LogP) is 2.91. The Morgan fingerprint density at radius 2 is 2.11 bits per heavy atom. The van der Waals surface area contributed by atoms with Gasteiger partial charge in [-0.3, -0.25) is 0 Å². The summed E-state index contributed by atoms with van der Waals surface area (Å²) in [7, 11) is 0. The van der Waals surface area contributed by atoms with Crippen LogP contribution in [0.25, 0.3) is 0 Å². The molecule has 1 saturated heterocycles. The number of ether oxygens (including phenoxy) is 2. The Kier molecular flexibility index (Phi) is 2.81. The maximum absolute atomic E-state index is 13.6. The zero-order valence-electron chi connectivity index (χ0n) is 9.76. The van der Waals surface area contributed by atoms with Crippen LogP contribution < -0.4 is 14.8 Å². The minimum absolute atomic E-state index is 0.149. The molecule has 0 unspecified atom stereocenters. The van der Waals surface area contributed by atoms with Gasteiger partial charge in [0, 0.05) is 11.6 Å². The molecular weight excluding hydrogens is 266 g/mol. The Hall–Kier alpha value is -1.50. The first-order valence-electron chi connectivity index (χ1n) is 5.93. The summed E-state index contributed by atoms with van der Waals surface area (Å²) in [6, 6.07) is 1.87. The number of fused-ring (bicyclic) bond motifs is 3. The lowest BCUT2D eigenvalue weighted by Crippen LogP contribution is -2.36. The molecule has 1 N–H and O–H groups in total. The second-order valence-electron chi connectivity index (χ2n) is 4.60. The summed E-state index contributed by atoms with van der Waals surface area (Å²) in [5.74, 6) is -1.64. The Morgan fingerprint density at radius 3 is 2.84 bits per heavy atom. The highest BCUT2D eigenvalue weighted by atomic mass is 19.4. The normalized spacial score (nSPS) is 25.5. The van der Waals surface area contributed by atoms with Crippen LogP contribution in [0, 0.1) is 5.82 Å². The molecule has 0 amide bonds. The number of hydrogen-bond acceptors (Lipinski definition) is 3. The maximum Gasteiger partial charge on any atom is 0.573 e. The lowest BCUT2D eigenvalue weighted by molar-refractivity contribution is -0.275. The summed E-state index contributed by atoms with van der Waals surface area (Å²) >= 11 is 0. The smallest absolute Gasteiger partial charge is 0.488 e. The molecule has 2 heterocycles. The molecule has 0 aliphatic carbocycles. The van der Waals surface area contributed by atoms with E-state index in [-0.39, 0.29) is 17.9 Å². The zero-order chi connectivity index (χ0) is 13.6. The van der Waals surface area contributed by atoms with E-state index < -0.39 is 17.9 Å². The molecule has 3 nitrogen and oxygen atoms in total. The fourth-order valence-electron chi connectivity index (χ4n) is 2.56. The fraction of sp³-hybridized carbons (Fsp3) is 0.500. The molecule has 104 valence electrons. The van der Waals surface area contributed by atoms with E-state index in [9.17, 15) is 17.6 Å². The Bertz CT molecular complexity index is 503. The number of piperidine rings is 1. The van der Waals surface area contributed by atoms with E-state index in [0.29, 0.717) is 5.56 Å². The summed E-state index contributed by atoms with van der Waals surface area (Å²) in [6.45, 7) is 0.784. The van der Waals surface area contributed by atoms with Gasteiger partial charge >= 0.3 is 6.36 Å². The van der Waals surface area contributed by atoms with E-state index >= 15 is 0 Å². The van der Waals surface area contributed by atoms with Crippen molar-refractivity contribution in [3.63, 3.8) is 0 Å². The predicted molar refractivity (Wildman–Crippen MR) is 57.5 cm³/mol. The lowest BCUT2D eigenvalue weighted by Gasteiger charge is -2.25. The van der Waals surface area contributed by atoms with Crippen LogP contribution >= 0.6 is 0 Å². The third-order valence-corrected chi connectivity index (χ3v) is 3.30. The van der Waals surface area contributed by atoms with Gasteiger partial charge in [-0.05, 0) is 25.5 Å². The highest BCUT2D eigenvalue weighted by molar-refractivity contribution is 5.47. The number of rotatable bonds is 1. The number of hydrogen-bond donors (Lipinski definition) is 1. The fourth-order valence-corrected chi connectivity index (χ4v) is 2.56. The van der Waals surface area contributed by atoms with Crippen LogP contribution in [0.4, 0.5) is 17.6 Å². The van der Waals surface area contributed by atoms with Crippen LogP contribution in [0.2, 0.25) is 0 Å². The molecule has 1 aromatic carbocycles. The summed E-state index contributed by atoms with van der Waals surface area (Å²) in [5.41, 5.74) is 0.553. The summed E-state index contributed by atoms with van der Waals surface area (Å²) in [5, 5.41) is 3.18. The average Bonchev–Trinajstić information content (AvgIpc) is 2.66. The van der Waals surface area contributed by atoms with Gasteiger partial charge in [0.25, 0.3) is 0 Å². The van der Waals surface area contributed by atoms with E-state index in [1.807, 2.05) is 0 Å². The van der Waals surface area contributed by atoms with Crippen molar-refractivity contribution in [3.8, 4) is 11.5 Å². The molecule has 1 aromatic rings. The van der Waals surface area contributed by atoms with Crippen molar-refractivity contribution < 1.29 is 27.0 Å². The van der Waals surface area contributed by atoms with E-state index in [2.05, 4.69) is 10.1 Å². The van der Waals surface area contributed by atoms with Crippen LogP contribution in [-0.4, -0.2) is 19.0 Å². The van der Waals surface area contributed by atoms with Gasteiger partial charge in [0.15, 0.2) is 11.6 Å². The van der Waals surface area contributed by atoms with Crippen molar-refractivity contribution in [2.45, 2.75) is 31.3 Å². The van der Waals surface area contributed by atoms with Gasteiger partial charge in [0.1, 0.15) is 11.9 Å². The monoisotopic (exact) mass is 277 g/mol. The van der Waals surface area contributed by atoms with E-state index in [4.69, 9.17) is 4.74 Å². The second-order valence-corrected chi connectivity index (χ2v) is 4.60. The highest BCUT2D eigenvalue weighted by Crippen LogP contribution is 2.43. The van der Waals surface area contributed by atoms with E-state index in [0.717, 1.165) is 31.5 Å². The molecule has 7 heteroatoms. The van der Waals surface area contributed by atoms with Gasteiger partial charge in [-0.15, -0.1) is 13.2 Å². The number of halogens is 4. The molecule has 19 heavy (non-hydrogen) atoms. The van der Waals surface area contributed by atoms with Gasteiger partial charge in [0.2, 0.25) is 0 Å².